The Labute approximate surface area is 156 Å². The predicted octanol–water partition coefficient (Wildman–Crippen LogP) is 4.60. The minimum Gasteiger partial charge on any atom is -0.489 e. The number of rotatable bonds is 7. The van der Waals surface area contributed by atoms with Crippen LogP contribution < -0.4 is 9.65 Å². The summed E-state index contributed by atoms with van der Waals surface area (Å²) in [6, 6.07) is 23.3. The summed E-state index contributed by atoms with van der Waals surface area (Å²) in [6.07, 6.45) is 0. The van der Waals surface area contributed by atoms with Crippen molar-refractivity contribution in [3.05, 3.63) is 101 Å². The molecule has 3 aromatic carbocycles. The molecule has 0 aliphatic carbocycles. The lowest BCUT2D eigenvalue weighted by Gasteiger charge is -2.11. The van der Waals surface area contributed by atoms with Gasteiger partial charge in [-0.2, -0.15) is 0 Å². The second kappa shape index (κ2) is 8.56. The van der Waals surface area contributed by atoms with E-state index in [4.69, 9.17) is 15.4 Å². The zero-order valence-electron chi connectivity index (χ0n) is 14.4. The number of hydrogen-bond donors (Lipinski definition) is 2. The highest BCUT2D eigenvalue weighted by Gasteiger charge is 2.18. The molecule has 1 unspecified atom stereocenters. The van der Waals surface area contributed by atoms with Gasteiger partial charge in [-0.25, -0.2) is 4.79 Å². The Kier molecular flexibility index (Phi) is 5.72. The summed E-state index contributed by atoms with van der Waals surface area (Å²) in [7, 11) is 0. The van der Waals surface area contributed by atoms with Crippen molar-refractivity contribution in [3.8, 4) is 5.75 Å². The molecule has 3 rings (SSSR count). The van der Waals surface area contributed by atoms with Gasteiger partial charge in [0.2, 0.25) is 4.91 Å². The molecule has 0 spiro atoms. The monoisotopic (exact) mass is 360 g/mol. The molecule has 0 fully saturated rings. The first-order valence-electron chi connectivity index (χ1n) is 8.34. The Morgan fingerprint density at radius 1 is 1.00 bits per heavy atom. The maximum absolute atomic E-state index is 10.9. The Hall–Kier alpha value is -3.76. The Morgan fingerprint density at radius 2 is 1.70 bits per heavy atom. The number of nitrogens with one attached hydrogen (secondary N) is 1. The topological polar surface area (TPSA) is 96.8 Å². The quantitative estimate of drug-likeness (QED) is 0.476. The molecule has 0 aromatic heterocycles. The van der Waals surface area contributed by atoms with Crippen molar-refractivity contribution >= 4 is 5.97 Å². The smallest absolute Gasteiger partial charge is 0.335 e. The number of benzene rings is 3. The van der Waals surface area contributed by atoms with E-state index in [1.54, 1.807) is 24.3 Å². The standard InChI is InChI=1S/C21H17N3O3/c22-24-23-20(16-5-2-1-3-6-16)18-7-4-8-19(13-18)27-14-15-9-11-17(12-10-15)21(25)26/h1-13,20,22H,14H2/p+1. The molecular weight excluding hydrogens is 342 g/mol. The van der Waals surface area contributed by atoms with E-state index in [1.165, 1.54) is 0 Å². The summed E-state index contributed by atoms with van der Waals surface area (Å²) in [4.78, 5) is 14.1. The molecule has 0 amide bonds. The summed E-state index contributed by atoms with van der Waals surface area (Å²) < 4.78 is 5.83. The molecule has 6 nitrogen and oxygen atoms in total. The highest BCUT2D eigenvalue weighted by molar-refractivity contribution is 5.87. The second-order valence-corrected chi connectivity index (χ2v) is 5.89. The molecule has 3 aromatic rings. The summed E-state index contributed by atoms with van der Waals surface area (Å²) in [5, 5.41) is 13.0. The predicted molar refractivity (Wildman–Crippen MR) is 99.7 cm³/mol. The first kappa shape index (κ1) is 18.0. The molecule has 6 heteroatoms. The third-order valence-corrected chi connectivity index (χ3v) is 4.07. The van der Waals surface area contributed by atoms with Gasteiger partial charge in [0.1, 0.15) is 23.0 Å². The number of carboxylic acids is 1. The molecule has 134 valence electrons. The summed E-state index contributed by atoms with van der Waals surface area (Å²) in [5.74, 6) is -0.290. The average molecular weight is 360 g/mol. The average Bonchev–Trinajstić information content (AvgIpc) is 2.71. The minimum atomic E-state index is -0.953. The molecule has 0 saturated heterocycles. The van der Waals surface area contributed by atoms with E-state index in [0.717, 1.165) is 16.7 Å². The lowest BCUT2D eigenvalue weighted by Crippen LogP contribution is -2.01. The van der Waals surface area contributed by atoms with Crippen molar-refractivity contribution in [2.24, 2.45) is 5.11 Å². The Morgan fingerprint density at radius 3 is 2.37 bits per heavy atom. The maximum atomic E-state index is 10.9. The van der Waals surface area contributed by atoms with Gasteiger partial charge in [0.15, 0.2) is 6.04 Å². The van der Waals surface area contributed by atoms with Crippen LogP contribution in [0.15, 0.2) is 84.0 Å². The van der Waals surface area contributed by atoms with E-state index in [2.05, 4.69) is 10.0 Å². The van der Waals surface area contributed by atoms with E-state index in [9.17, 15) is 4.79 Å². The zero-order valence-corrected chi connectivity index (χ0v) is 14.4. The van der Waals surface area contributed by atoms with Gasteiger partial charge < -0.3 is 9.84 Å². The molecule has 0 radical (unpaired) electrons. The molecule has 0 aliphatic heterocycles. The number of aromatic carboxylic acids is 1. The van der Waals surface area contributed by atoms with Crippen LogP contribution in [0.3, 0.4) is 0 Å². The van der Waals surface area contributed by atoms with Crippen LogP contribution in [-0.2, 0) is 6.61 Å². The molecule has 1 atom stereocenters. The number of carboxylic acid groups (broad SMARTS) is 1. The Balaban J connectivity index is 1.76. The van der Waals surface area contributed by atoms with E-state index >= 15 is 0 Å². The van der Waals surface area contributed by atoms with Gasteiger partial charge in [-0.3, -0.25) is 0 Å². The fourth-order valence-corrected chi connectivity index (χ4v) is 2.70. The third-order valence-electron chi connectivity index (χ3n) is 4.07. The van der Waals surface area contributed by atoms with E-state index < -0.39 is 5.97 Å². The first-order valence-corrected chi connectivity index (χ1v) is 8.34. The van der Waals surface area contributed by atoms with Crippen LogP contribution in [0.1, 0.15) is 33.1 Å². The third kappa shape index (κ3) is 4.66. The van der Waals surface area contributed by atoms with Crippen LogP contribution in [-0.4, -0.2) is 11.1 Å². The molecular formula is C21H18N3O3+. The SMILES string of the molecule is N=[N+]=NC(c1ccccc1)c1cccc(OCc2ccc(C(=O)O)cc2)c1. The number of nitrogens with zero attached hydrogens (tertiary/aromatic N) is 2. The summed E-state index contributed by atoms with van der Waals surface area (Å²) >= 11 is 0. The highest BCUT2D eigenvalue weighted by atomic mass is 16.5. The summed E-state index contributed by atoms with van der Waals surface area (Å²) in [6.45, 7) is 0.319. The van der Waals surface area contributed by atoms with E-state index in [1.807, 2.05) is 54.6 Å². The number of carbonyl (C=O) groups is 1. The number of hydrogen-bond acceptors (Lipinski definition) is 4. The van der Waals surface area contributed by atoms with Crippen molar-refractivity contribution in [2.75, 3.05) is 0 Å². The Bertz CT molecular complexity index is 965. The van der Waals surface area contributed by atoms with Gasteiger partial charge in [0, 0.05) is 0 Å². The van der Waals surface area contributed by atoms with Crippen LogP contribution in [0.2, 0.25) is 0 Å². The van der Waals surface area contributed by atoms with Crippen molar-refractivity contribution in [2.45, 2.75) is 12.6 Å². The van der Waals surface area contributed by atoms with Gasteiger partial charge in [-0.1, -0.05) is 54.6 Å². The fraction of sp³-hybridized carbons (Fsp3) is 0.0952. The molecule has 0 heterocycles. The van der Waals surface area contributed by atoms with Crippen LogP contribution in [0, 0.1) is 5.53 Å². The lowest BCUT2D eigenvalue weighted by atomic mass is 9.99. The molecule has 27 heavy (non-hydrogen) atoms. The maximum Gasteiger partial charge on any atom is 0.335 e. The molecule has 0 saturated carbocycles. The summed E-state index contributed by atoms with van der Waals surface area (Å²) in [5.41, 5.74) is 10.0. The van der Waals surface area contributed by atoms with E-state index in [-0.39, 0.29) is 11.6 Å². The van der Waals surface area contributed by atoms with E-state index in [0.29, 0.717) is 12.4 Å². The van der Waals surface area contributed by atoms with Crippen LogP contribution in [0.4, 0.5) is 0 Å². The second-order valence-electron chi connectivity index (χ2n) is 5.89. The van der Waals surface area contributed by atoms with Crippen LogP contribution in [0.25, 0.3) is 0 Å². The van der Waals surface area contributed by atoms with Crippen molar-refractivity contribution in [1.82, 2.24) is 4.91 Å². The van der Waals surface area contributed by atoms with Gasteiger partial charge in [-0.15, -0.1) is 0 Å². The fourth-order valence-electron chi connectivity index (χ4n) is 2.70. The minimum absolute atomic E-state index is 0.243. The highest BCUT2D eigenvalue weighted by Crippen LogP contribution is 2.28. The van der Waals surface area contributed by atoms with Gasteiger partial charge in [0.05, 0.1) is 5.56 Å². The first-order chi connectivity index (χ1) is 13.2. The van der Waals surface area contributed by atoms with Crippen molar-refractivity contribution < 1.29 is 14.6 Å². The van der Waals surface area contributed by atoms with Gasteiger partial charge in [0.25, 0.3) is 0 Å². The lowest BCUT2D eigenvalue weighted by molar-refractivity contribution is 0.0697. The van der Waals surface area contributed by atoms with Crippen molar-refractivity contribution in [1.29, 1.82) is 5.53 Å². The van der Waals surface area contributed by atoms with Crippen LogP contribution >= 0.6 is 0 Å². The zero-order chi connectivity index (χ0) is 19.1. The largest absolute Gasteiger partial charge is 0.489 e. The molecule has 0 bridgehead atoms. The number of ether oxygens (including phenoxy) is 1. The molecule has 0 aliphatic rings. The van der Waals surface area contributed by atoms with Crippen molar-refractivity contribution in [3.63, 3.8) is 0 Å². The van der Waals surface area contributed by atoms with Gasteiger partial charge >= 0.3 is 5.97 Å². The van der Waals surface area contributed by atoms with Gasteiger partial charge in [-0.05, 0) is 41.0 Å². The molecule has 2 N–H and O–H groups in total. The normalized spacial score (nSPS) is 11.3. The van der Waals surface area contributed by atoms with Crippen LogP contribution in [0.5, 0.6) is 5.75 Å².